The van der Waals surface area contributed by atoms with Crippen LogP contribution in [0.1, 0.15) is 0 Å². The molecule has 0 atom stereocenters. The molecule has 0 unspecified atom stereocenters. The molecule has 0 saturated carbocycles. The predicted molar refractivity (Wildman–Crippen MR) is 36.8 cm³/mol. The molecule has 10 heavy (non-hydrogen) atoms. The zero-order valence-electron chi connectivity index (χ0n) is 5.60. The molecule has 3 heteroatoms. The number of rotatable bonds is 1. The average molecular weight is 230 g/mol. The van der Waals surface area contributed by atoms with E-state index in [1.807, 2.05) is 0 Å². The SMILES string of the molecule is COc1[c-]ccc(Cl)c1.[Y]. The fourth-order valence-corrected chi connectivity index (χ4v) is 0.698. The van der Waals surface area contributed by atoms with Gasteiger partial charge >= 0.3 is 0 Å². The van der Waals surface area contributed by atoms with E-state index in [2.05, 4.69) is 6.07 Å². The van der Waals surface area contributed by atoms with Crippen LogP contribution < -0.4 is 4.74 Å². The molecule has 1 radical (unpaired) electrons. The number of halogens is 1. The van der Waals surface area contributed by atoms with Gasteiger partial charge in [-0.05, 0) is 0 Å². The van der Waals surface area contributed by atoms with Crippen molar-refractivity contribution in [3.8, 4) is 5.75 Å². The molecule has 0 heterocycles. The van der Waals surface area contributed by atoms with Gasteiger partial charge in [-0.15, -0.1) is 23.7 Å². The molecule has 0 spiro atoms. The van der Waals surface area contributed by atoms with Crippen LogP contribution in [-0.4, -0.2) is 7.11 Å². The van der Waals surface area contributed by atoms with Crippen molar-refractivity contribution >= 4 is 11.6 Å². The molecular formula is C7H6ClOY-. The number of hydrogen-bond donors (Lipinski definition) is 0. The molecule has 0 fully saturated rings. The zero-order chi connectivity index (χ0) is 6.69. The van der Waals surface area contributed by atoms with Gasteiger partial charge < -0.3 is 4.74 Å². The number of methoxy groups -OCH3 is 1. The Morgan fingerprint density at radius 3 is 2.70 bits per heavy atom. The minimum absolute atomic E-state index is 0. The van der Waals surface area contributed by atoms with E-state index in [1.165, 1.54) is 0 Å². The third-order valence-corrected chi connectivity index (χ3v) is 1.19. The summed E-state index contributed by atoms with van der Waals surface area (Å²) in [6.45, 7) is 0. The molecule has 0 bridgehead atoms. The normalized spacial score (nSPS) is 8.20. The van der Waals surface area contributed by atoms with Crippen LogP contribution in [0.25, 0.3) is 0 Å². The Morgan fingerprint density at radius 1 is 1.60 bits per heavy atom. The van der Waals surface area contributed by atoms with Crippen molar-refractivity contribution in [2.24, 2.45) is 0 Å². The van der Waals surface area contributed by atoms with E-state index in [0.29, 0.717) is 10.8 Å². The number of hydrogen-bond acceptors (Lipinski definition) is 1. The van der Waals surface area contributed by atoms with Gasteiger partial charge in [0.15, 0.2) is 0 Å². The van der Waals surface area contributed by atoms with Crippen LogP contribution in [-0.2, 0) is 32.7 Å². The van der Waals surface area contributed by atoms with Gasteiger partial charge in [0.2, 0.25) is 0 Å². The summed E-state index contributed by atoms with van der Waals surface area (Å²) in [7, 11) is 1.59. The third-order valence-electron chi connectivity index (χ3n) is 0.957. The molecule has 1 aromatic carbocycles. The summed E-state index contributed by atoms with van der Waals surface area (Å²) in [5, 5.41) is 0.672. The summed E-state index contributed by atoms with van der Waals surface area (Å²) in [6.07, 6.45) is 0. The molecule has 0 N–H and O–H groups in total. The number of benzene rings is 1. The fraction of sp³-hybridized carbons (Fsp3) is 0.143. The van der Waals surface area contributed by atoms with Crippen LogP contribution in [0.15, 0.2) is 18.2 Å². The van der Waals surface area contributed by atoms with Gasteiger partial charge in [0, 0.05) is 38.5 Å². The first-order chi connectivity index (χ1) is 4.33. The Kier molecular flexibility index (Phi) is 5.33. The standard InChI is InChI=1S/C7H6ClO.Y/c1-9-7-4-2-3-6(8)5-7;/h2-3,5H,1H3;/q-1;. The van der Waals surface area contributed by atoms with Crippen LogP contribution in [0.5, 0.6) is 5.75 Å². The summed E-state index contributed by atoms with van der Waals surface area (Å²) in [6, 6.07) is 8.04. The monoisotopic (exact) mass is 230 g/mol. The summed E-state index contributed by atoms with van der Waals surface area (Å²) in [4.78, 5) is 0. The molecule has 1 aromatic rings. The first-order valence-corrected chi connectivity index (χ1v) is 2.92. The van der Waals surface area contributed by atoms with Crippen LogP contribution in [0, 0.1) is 6.07 Å². The molecule has 0 aliphatic rings. The van der Waals surface area contributed by atoms with Crippen LogP contribution >= 0.6 is 11.6 Å². The van der Waals surface area contributed by atoms with Gasteiger partial charge in [0.1, 0.15) is 0 Å². The minimum atomic E-state index is 0. The van der Waals surface area contributed by atoms with Crippen molar-refractivity contribution in [1.82, 2.24) is 0 Å². The number of ether oxygens (including phenoxy) is 1. The molecule has 0 aromatic heterocycles. The van der Waals surface area contributed by atoms with E-state index in [0.717, 1.165) is 0 Å². The zero-order valence-corrected chi connectivity index (χ0v) is 9.19. The minimum Gasteiger partial charge on any atom is -0.523 e. The van der Waals surface area contributed by atoms with Gasteiger partial charge in [-0.1, -0.05) is 5.02 Å². The van der Waals surface area contributed by atoms with Crippen LogP contribution in [0.3, 0.4) is 0 Å². The Labute approximate surface area is 90.6 Å². The largest absolute Gasteiger partial charge is 0.523 e. The van der Waals surface area contributed by atoms with E-state index in [-0.39, 0.29) is 32.7 Å². The van der Waals surface area contributed by atoms with Crippen molar-refractivity contribution in [1.29, 1.82) is 0 Å². The van der Waals surface area contributed by atoms with Crippen molar-refractivity contribution in [3.05, 3.63) is 29.3 Å². The predicted octanol–water partition coefficient (Wildman–Crippen LogP) is 2.15. The van der Waals surface area contributed by atoms with Gasteiger partial charge in [0.05, 0.1) is 7.11 Å². The molecule has 0 aliphatic carbocycles. The molecular weight excluding hydrogens is 224 g/mol. The second kappa shape index (κ2) is 5.12. The summed E-state index contributed by atoms with van der Waals surface area (Å²) in [5.41, 5.74) is 0. The Balaban J connectivity index is 0.000000810. The Bertz CT molecular complexity index is 203. The van der Waals surface area contributed by atoms with Gasteiger partial charge in [-0.3, -0.25) is 0 Å². The van der Waals surface area contributed by atoms with Crippen LogP contribution in [0.4, 0.5) is 0 Å². The molecule has 0 aliphatic heterocycles. The smallest absolute Gasteiger partial charge is 0.0743 e. The van der Waals surface area contributed by atoms with Crippen molar-refractivity contribution < 1.29 is 37.4 Å². The quantitative estimate of drug-likeness (QED) is 0.672. The molecule has 1 nitrogen and oxygen atoms in total. The average Bonchev–Trinajstić information content (AvgIpc) is 1.88. The van der Waals surface area contributed by atoms with Crippen molar-refractivity contribution in [3.63, 3.8) is 0 Å². The third kappa shape index (κ3) is 3.00. The maximum Gasteiger partial charge on any atom is 0.0743 e. The molecule has 0 saturated heterocycles. The van der Waals surface area contributed by atoms with E-state index in [9.17, 15) is 0 Å². The van der Waals surface area contributed by atoms with Gasteiger partial charge in [0.25, 0.3) is 0 Å². The molecule has 51 valence electrons. The maximum absolute atomic E-state index is 5.62. The first-order valence-electron chi connectivity index (χ1n) is 2.54. The van der Waals surface area contributed by atoms with E-state index >= 15 is 0 Å². The van der Waals surface area contributed by atoms with Crippen molar-refractivity contribution in [2.75, 3.05) is 7.11 Å². The molecule has 1 rings (SSSR count). The summed E-state index contributed by atoms with van der Waals surface area (Å²) < 4.78 is 4.86. The second-order valence-corrected chi connectivity index (χ2v) is 2.01. The second-order valence-electron chi connectivity index (χ2n) is 1.58. The van der Waals surface area contributed by atoms with Gasteiger partial charge in [-0.2, -0.15) is 12.1 Å². The van der Waals surface area contributed by atoms with Crippen LogP contribution in [0.2, 0.25) is 5.02 Å². The molecule has 0 amide bonds. The Hall–Kier alpha value is 0.414. The summed E-state index contributed by atoms with van der Waals surface area (Å²) >= 11 is 5.62. The van der Waals surface area contributed by atoms with E-state index in [1.54, 1.807) is 25.3 Å². The fourth-order valence-electron chi connectivity index (χ4n) is 0.536. The topological polar surface area (TPSA) is 9.23 Å². The maximum atomic E-state index is 5.62. The van der Waals surface area contributed by atoms with E-state index in [4.69, 9.17) is 16.3 Å². The van der Waals surface area contributed by atoms with Crippen molar-refractivity contribution in [2.45, 2.75) is 0 Å². The summed E-state index contributed by atoms with van der Waals surface area (Å²) in [5.74, 6) is 0.669. The van der Waals surface area contributed by atoms with Gasteiger partial charge in [-0.25, -0.2) is 0 Å². The Morgan fingerprint density at radius 2 is 2.30 bits per heavy atom. The van der Waals surface area contributed by atoms with E-state index < -0.39 is 0 Å². The first kappa shape index (κ1) is 10.4.